The van der Waals surface area contributed by atoms with Crippen molar-refractivity contribution in [2.24, 2.45) is 0 Å². The second-order valence-corrected chi connectivity index (χ2v) is 5.04. The van der Waals surface area contributed by atoms with Gasteiger partial charge in [0, 0.05) is 19.0 Å². The van der Waals surface area contributed by atoms with Crippen molar-refractivity contribution in [1.29, 1.82) is 0 Å². The average Bonchev–Trinajstić information content (AvgIpc) is 3.18. The molecule has 0 amide bonds. The molecule has 1 fully saturated rings. The van der Waals surface area contributed by atoms with Crippen molar-refractivity contribution in [2.45, 2.75) is 44.7 Å². The monoisotopic (exact) mass is 247 g/mol. The van der Waals surface area contributed by atoms with E-state index >= 15 is 0 Å². The first-order valence-electron chi connectivity index (χ1n) is 6.75. The van der Waals surface area contributed by atoms with E-state index in [9.17, 15) is 4.79 Å². The zero-order chi connectivity index (χ0) is 12.8. The molecule has 0 spiro atoms. The Bertz CT molecular complexity index is 373. The van der Waals surface area contributed by atoms with Gasteiger partial charge in [0.05, 0.1) is 0 Å². The number of benzene rings is 1. The summed E-state index contributed by atoms with van der Waals surface area (Å²) >= 11 is 0. The van der Waals surface area contributed by atoms with Crippen molar-refractivity contribution in [3.05, 3.63) is 35.9 Å². The molecule has 0 unspecified atom stereocenters. The Morgan fingerprint density at radius 2 is 1.94 bits per heavy atom. The molecule has 0 aliphatic heterocycles. The van der Waals surface area contributed by atoms with Gasteiger partial charge in [0.1, 0.15) is 0 Å². The summed E-state index contributed by atoms with van der Waals surface area (Å²) in [6.45, 7) is 2.02. The van der Waals surface area contributed by atoms with E-state index in [-0.39, 0.29) is 0 Å². The lowest BCUT2D eigenvalue weighted by molar-refractivity contribution is -0.137. The Kier molecular flexibility index (Phi) is 4.76. The molecule has 0 atom stereocenters. The summed E-state index contributed by atoms with van der Waals surface area (Å²) in [7, 11) is 0. The Balaban J connectivity index is 1.76. The number of hydrogen-bond acceptors (Lipinski definition) is 2. The Hall–Kier alpha value is -1.35. The van der Waals surface area contributed by atoms with Crippen molar-refractivity contribution in [3.8, 4) is 0 Å². The number of carboxylic acids is 1. The topological polar surface area (TPSA) is 40.5 Å². The third kappa shape index (κ3) is 4.49. The van der Waals surface area contributed by atoms with Crippen LogP contribution in [0.25, 0.3) is 0 Å². The van der Waals surface area contributed by atoms with Crippen LogP contribution < -0.4 is 0 Å². The van der Waals surface area contributed by atoms with E-state index in [2.05, 4.69) is 29.2 Å². The number of aliphatic carboxylic acids is 1. The molecule has 1 N–H and O–H groups in total. The third-order valence-corrected chi connectivity index (χ3v) is 3.38. The van der Waals surface area contributed by atoms with Gasteiger partial charge in [-0.25, -0.2) is 0 Å². The van der Waals surface area contributed by atoms with Crippen LogP contribution >= 0.6 is 0 Å². The van der Waals surface area contributed by atoms with Crippen LogP contribution in [-0.2, 0) is 11.3 Å². The Morgan fingerprint density at radius 3 is 2.56 bits per heavy atom. The standard InChI is InChI=1S/C15H21NO2/c17-15(18)8-4-5-11-16(14-9-10-14)12-13-6-2-1-3-7-13/h1-3,6-7,14H,4-5,8-12H2,(H,17,18). The second kappa shape index (κ2) is 6.55. The minimum absolute atomic E-state index is 0.295. The lowest BCUT2D eigenvalue weighted by atomic mass is 10.2. The number of rotatable bonds is 8. The molecule has 1 aromatic rings. The second-order valence-electron chi connectivity index (χ2n) is 5.04. The predicted molar refractivity (Wildman–Crippen MR) is 71.4 cm³/mol. The molecule has 3 nitrogen and oxygen atoms in total. The van der Waals surface area contributed by atoms with Gasteiger partial charge in [-0.1, -0.05) is 30.3 Å². The van der Waals surface area contributed by atoms with Crippen LogP contribution in [0.15, 0.2) is 30.3 Å². The minimum atomic E-state index is -0.684. The number of hydrogen-bond donors (Lipinski definition) is 1. The highest BCUT2D eigenvalue weighted by Gasteiger charge is 2.28. The lowest BCUT2D eigenvalue weighted by Gasteiger charge is -2.21. The molecule has 2 rings (SSSR count). The van der Waals surface area contributed by atoms with Crippen LogP contribution in [0.1, 0.15) is 37.7 Å². The summed E-state index contributed by atoms with van der Waals surface area (Å²) in [5, 5.41) is 8.62. The van der Waals surface area contributed by atoms with Gasteiger partial charge in [-0.15, -0.1) is 0 Å². The van der Waals surface area contributed by atoms with E-state index in [0.29, 0.717) is 6.42 Å². The van der Waals surface area contributed by atoms with Crippen LogP contribution in [0.4, 0.5) is 0 Å². The van der Waals surface area contributed by atoms with E-state index in [1.165, 1.54) is 18.4 Å². The molecule has 0 saturated heterocycles. The maximum absolute atomic E-state index is 10.5. The van der Waals surface area contributed by atoms with Gasteiger partial charge in [-0.05, 0) is 37.8 Å². The van der Waals surface area contributed by atoms with Crippen LogP contribution in [0, 0.1) is 0 Å². The average molecular weight is 247 g/mol. The van der Waals surface area contributed by atoms with Gasteiger partial charge < -0.3 is 5.11 Å². The zero-order valence-electron chi connectivity index (χ0n) is 10.7. The highest BCUT2D eigenvalue weighted by molar-refractivity contribution is 5.66. The van der Waals surface area contributed by atoms with Crippen LogP contribution in [0.5, 0.6) is 0 Å². The fourth-order valence-corrected chi connectivity index (χ4v) is 2.24. The van der Waals surface area contributed by atoms with Gasteiger partial charge in [-0.2, -0.15) is 0 Å². The van der Waals surface area contributed by atoms with Crippen LogP contribution in [0.3, 0.4) is 0 Å². The van der Waals surface area contributed by atoms with Gasteiger partial charge >= 0.3 is 5.97 Å². The first-order chi connectivity index (χ1) is 8.75. The molecule has 1 aromatic carbocycles. The maximum Gasteiger partial charge on any atom is 0.303 e. The van der Waals surface area contributed by atoms with Crippen molar-refractivity contribution >= 4 is 5.97 Å². The molecule has 98 valence electrons. The van der Waals surface area contributed by atoms with Crippen molar-refractivity contribution < 1.29 is 9.90 Å². The molecule has 0 heterocycles. The molecule has 3 heteroatoms. The van der Waals surface area contributed by atoms with E-state index < -0.39 is 5.97 Å². The molecular formula is C15H21NO2. The molecule has 0 aromatic heterocycles. The van der Waals surface area contributed by atoms with Crippen molar-refractivity contribution in [2.75, 3.05) is 6.54 Å². The smallest absolute Gasteiger partial charge is 0.303 e. The molecule has 1 aliphatic rings. The SMILES string of the molecule is O=C(O)CCCCN(Cc1ccccc1)C1CC1. The normalized spacial score (nSPS) is 14.9. The molecule has 18 heavy (non-hydrogen) atoms. The summed E-state index contributed by atoms with van der Waals surface area (Å²) in [6, 6.07) is 11.2. The zero-order valence-corrected chi connectivity index (χ0v) is 10.7. The molecule has 1 saturated carbocycles. The third-order valence-electron chi connectivity index (χ3n) is 3.38. The van der Waals surface area contributed by atoms with E-state index in [4.69, 9.17) is 5.11 Å². The van der Waals surface area contributed by atoms with Gasteiger partial charge in [0.2, 0.25) is 0 Å². The van der Waals surface area contributed by atoms with Gasteiger partial charge in [0.25, 0.3) is 0 Å². The van der Waals surface area contributed by atoms with Crippen LogP contribution in [-0.4, -0.2) is 28.6 Å². The quantitative estimate of drug-likeness (QED) is 0.718. The predicted octanol–water partition coefficient (Wildman–Crippen LogP) is 2.91. The van der Waals surface area contributed by atoms with Crippen molar-refractivity contribution in [1.82, 2.24) is 4.90 Å². The molecule has 0 bridgehead atoms. The summed E-state index contributed by atoms with van der Waals surface area (Å²) in [4.78, 5) is 13.0. The number of unbranched alkanes of at least 4 members (excludes halogenated alkanes) is 1. The highest BCUT2D eigenvalue weighted by Crippen LogP contribution is 2.28. The van der Waals surface area contributed by atoms with Crippen LogP contribution in [0.2, 0.25) is 0 Å². The van der Waals surface area contributed by atoms with Gasteiger partial charge in [0.15, 0.2) is 0 Å². The van der Waals surface area contributed by atoms with E-state index in [1.54, 1.807) is 0 Å². The number of carboxylic acid groups (broad SMARTS) is 1. The fraction of sp³-hybridized carbons (Fsp3) is 0.533. The fourth-order valence-electron chi connectivity index (χ4n) is 2.24. The largest absolute Gasteiger partial charge is 0.481 e. The first-order valence-corrected chi connectivity index (χ1v) is 6.75. The summed E-state index contributed by atoms with van der Waals surface area (Å²) in [6.07, 6.45) is 4.66. The molecular weight excluding hydrogens is 226 g/mol. The number of nitrogens with zero attached hydrogens (tertiary/aromatic N) is 1. The Morgan fingerprint density at radius 1 is 1.22 bits per heavy atom. The van der Waals surface area contributed by atoms with Crippen molar-refractivity contribution in [3.63, 3.8) is 0 Å². The highest BCUT2D eigenvalue weighted by atomic mass is 16.4. The summed E-state index contributed by atoms with van der Waals surface area (Å²) in [5.41, 5.74) is 1.35. The summed E-state index contributed by atoms with van der Waals surface area (Å²) in [5.74, 6) is -0.684. The first kappa shape index (κ1) is 13.1. The van der Waals surface area contributed by atoms with E-state index in [1.807, 2.05) is 6.07 Å². The lowest BCUT2D eigenvalue weighted by Crippen LogP contribution is -2.26. The Labute approximate surface area is 108 Å². The minimum Gasteiger partial charge on any atom is -0.481 e. The molecule has 0 radical (unpaired) electrons. The van der Waals surface area contributed by atoms with Gasteiger partial charge in [-0.3, -0.25) is 9.69 Å². The number of carbonyl (C=O) groups is 1. The van der Waals surface area contributed by atoms with E-state index in [0.717, 1.165) is 32.0 Å². The molecule has 1 aliphatic carbocycles. The summed E-state index contributed by atoms with van der Waals surface area (Å²) < 4.78 is 0. The maximum atomic E-state index is 10.5.